The molecule has 0 aliphatic heterocycles. The topological polar surface area (TPSA) is 12.9 Å². The van der Waals surface area contributed by atoms with E-state index in [0.717, 1.165) is 0 Å². The van der Waals surface area contributed by atoms with Gasteiger partial charge in [0.15, 0.2) is 0 Å². The fourth-order valence-corrected chi connectivity index (χ4v) is 6.01. The number of aromatic nitrogens is 1. The molecule has 1 aliphatic rings. The average molecular weight is 482 g/mol. The third-order valence-electron chi connectivity index (χ3n) is 7.87. The van der Waals surface area contributed by atoms with E-state index in [1.54, 1.807) is 0 Å². The molecule has 38 heavy (non-hydrogen) atoms. The highest BCUT2D eigenvalue weighted by Crippen LogP contribution is 2.48. The van der Waals surface area contributed by atoms with Crippen molar-refractivity contribution in [2.45, 2.75) is 0 Å². The van der Waals surface area contributed by atoms with E-state index in [1.807, 2.05) is 12.4 Å². The second-order valence-corrected chi connectivity index (χ2v) is 10.1. The lowest BCUT2D eigenvalue weighted by atomic mass is 9.93. The summed E-state index contributed by atoms with van der Waals surface area (Å²) < 4.78 is 0. The van der Waals surface area contributed by atoms with Crippen LogP contribution in [-0.2, 0) is 0 Å². The summed E-state index contributed by atoms with van der Waals surface area (Å²) in [4.78, 5) is 4.15. The molecular weight excluding hydrogens is 458 g/mol. The third-order valence-corrected chi connectivity index (χ3v) is 7.87. The number of benzene rings is 6. The number of pyridine rings is 1. The van der Waals surface area contributed by atoms with E-state index in [1.165, 1.54) is 77.2 Å². The number of rotatable bonds is 3. The van der Waals surface area contributed by atoms with E-state index in [0.29, 0.717) is 0 Å². The summed E-state index contributed by atoms with van der Waals surface area (Å²) in [6.45, 7) is 0. The third kappa shape index (κ3) is 3.29. The van der Waals surface area contributed by atoms with Gasteiger partial charge in [0.25, 0.3) is 0 Å². The molecule has 0 atom stereocenters. The maximum atomic E-state index is 4.15. The molecule has 176 valence electrons. The molecule has 0 bridgehead atoms. The normalized spacial score (nSPS) is 11.7. The number of fused-ring (bicyclic) bond motifs is 4. The monoisotopic (exact) mass is 481 g/mol. The number of hydrogen-bond donors (Lipinski definition) is 0. The Kier molecular flexibility index (Phi) is 4.59. The Morgan fingerprint density at radius 2 is 0.895 bits per heavy atom. The van der Waals surface area contributed by atoms with E-state index >= 15 is 0 Å². The Morgan fingerprint density at radius 1 is 0.316 bits per heavy atom. The molecule has 0 saturated heterocycles. The van der Waals surface area contributed by atoms with E-state index in [4.69, 9.17) is 0 Å². The van der Waals surface area contributed by atoms with Crippen LogP contribution in [0.15, 0.2) is 140 Å². The predicted molar refractivity (Wildman–Crippen MR) is 160 cm³/mol. The molecule has 0 radical (unpaired) electrons. The van der Waals surface area contributed by atoms with E-state index in [9.17, 15) is 0 Å². The average Bonchev–Trinajstić information content (AvgIpc) is 3.32. The summed E-state index contributed by atoms with van der Waals surface area (Å²) in [5, 5.41) is 5.17. The highest BCUT2D eigenvalue weighted by Gasteiger charge is 2.21. The van der Waals surface area contributed by atoms with Crippen LogP contribution in [0.2, 0.25) is 0 Å². The van der Waals surface area contributed by atoms with Crippen molar-refractivity contribution < 1.29 is 0 Å². The molecule has 0 unspecified atom stereocenters. The SMILES string of the molecule is c1cc(-c2ccncc2)cc(-c2ccc3cc(-c4cc5c6c(cccc6c4)-c4ccccc4-5)ccc3c2)c1. The zero-order valence-corrected chi connectivity index (χ0v) is 20.7. The van der Waals surface area contributed by atoms with E-state index in [2.05, 4.69) is 132 Å². The first-order valence-electron chi connectivity index (χ1n) is 13.0. The Balaban J connectivity index is 1.20. The van der Waals surface area contributed by atoms with Gasteiger partial charge in [-0.25, -0.2) is 0 Å². The second-order valence-electron chi connectivity index (χ2n) is 10.1. The van der Waals surface area contributed by atoms with Crippen molar-refractivity contribution in [1.82, 2.24) is 4.98 Å². The highest BCUT2D eigenvalue weighted by molar-refractivity contribution is 6.16. The summed E-state index contributed by atoms with van der Waals surface area (Å²) in [5.74, 6) is 0. The van der Waals surface area contributed by atoms with Gasteiger partial charge in [0.2, 0.25) is 0 Å². The minimum Gasteiger partial charge on any atom is -0.265 e. The van der Waals surface area contributed by atoms with Crippen molar-refractivity contribution in [1.29, 1.82) is 0 Å². The van der Waals surface area contributed by atoms with Gasteiger partial charge in [-0.2, -0.15) is 0 Å². The van der Waals surface area contributed by atoms with Gasteiger partial charge in [-0.15, -0.1) is 0 Å². The molecular formula is C37H23N. The Bertz CT molecular complexity index is 2020. The molecule has 8 rings (SSSR count). The molecule has 6 aromatic carbocycles. The molecule has 1 aliphatic carbocycles. The van der Waals surface area contributed by atoms with Crippen molar-refractivity contribution in [3.63, 3.8) is 0 Å². The number of hydrogen-bond acceptors (Lipinski definition) is 1. The zero-order chi connectivity index (χ0) is 25.1. The maximum Gasteiger partial charge on any atom is 0.0273 e. The van der Waals surface area contributed by atoms with Crippen LogP contribution in [0.3, 0.4) is 0 Å². The Morgan fingerprint density at radius 3 is 1.66 bits per heavy atom. The molecule has 7 aromatic rings. The van der Waals surface area contributed by atoms with Gasteiger partial charge >= 0.3 is 0 Å². The van der Waals surface area contributed by atoms with Gasteiger partial charge in [-0.1, -0.05) is 84.9 Å². The van der Waals surface area contributed by atoms with Crippen LogP contribution in [0.1, 0.15) is 0 Å². The Hall–Kier alpha value is -5.01. The first-order valence-corrected chi connectivity index (χ1v) is 13.0. The zero-order valence-electron chi connectivity index (χ0n) is 20.7. The van der Waals surface area contributed by atoms with Crippen LogP contribution in [0.25, 0.3) is 77.2 Å². The van der Waals surface area contributed by atoms with Gasteiger partial charge in [0.05, 0.1) is 0 Å². The van der Waals surface area contributed by atoms with Crippen LogP contribution >= 0.6 is 0 Å². The van der Waals surface area contributed by atoms with Gasteiger partial charge in [-0.3, -0.25) is 4.98 Å². The van der Waals surface area contributed by atoms with Crippen molar-refractivity contribution in [2.75, 3.05) is 0 Å². The molecule has 1 heterocycles. The van der Waals surface area contributed by atoms with Crippen LogP contribution in [0.5, 0.6) is 0 Å². The van der Waals surface area contributed by atoms with Gasteiger partial charge in [0.1, 0.15) is 0 Å². The molecule has 0 N–H and O–H groups in total. The highest BCUT2D eigenvalue weighted by atomic mass is 14.6. The van der Waals surface area contributed by atoms with Gasteiger partial charge in [0, 0.05) is 12.4 Å². The summed E-state index contributed by atoms with van der Waals surface area (Å²) >= 11 is 0. The summed E-state index contributed by atoms with van der Waals surface area (Å²) in [7, 11) is 0. The molecule has 0 saturated carbocycles. The largest absolute Gasteiger partial charge is 0.265 e. The van der Waals surface area contributed by atoms with Crippen molar-refractivity contribution >= 4 is 21.5 Å². The molecule has 0 fully saturated rings. The second kappa shape index (κ2) is 8.26. The number of nitrogens with zero attached hydrogens (tertiary/aromatic N) is 1. The minimum atomic E-state index is 1.18. The van der Waals surface area contributed by atoms with E-state index < -0.39 is 0 Å². The van der Waals surface area contributed by atoms with Crippen molar-refractivity contribution in [3.05, 3.63) is 140 Å². The van der Waals surface area contributed by atoms with E-state index in [-0.39, 0.29) is 0 Å². The standard InChI is InChI=1S/C37H23N/c1-2-9-34-33(8-1)35-10-4-7-31-22-32(23-36(34)37(31)35)30-14-13-28-20-27(11-12-29(28)21-30)26-6-3-5-25(19-26)24-15-17-38-18-16-24/h1-23H. The molecule has 0 amide bonds. The van der Waals surface area contributed by atoms with Crippen LogP contribution in [-0.4, -0.2) is 4.98 Å². The lowest BCUT2D eigenvalue weighted by molar-refractivity contribution is 1.33. The molecule has 1 nitrogen and oxygen atoms in total. The van der Waals surface area contributed by atoms with Crippen LogP contribution in [0.4, 0.5) is 0 Å². The van der Waals surface area contributed by atoms with Gasteiger partial charge < -0.3 is 0 Å². The lowest BCUT2D eigenvalue weighted by Crippen LogP contribution is -1.85. The first-order chi connectivity index (χ1) is 18.8. The Labute approximate surface area is 221 Å². The van der Waals surface area contributed by atoms with Crippen LogP contribution < -0.4 is 0 Å². The van der Waals surface area contributed by atoms with Crippen LogP contribution in [0, 0.1) is 0 Å². The van der Waals surface area contributed by atoms with Crippen molar-refractivity contribution in [2.24, 2.45) is 0 Å². The lowest BCUT2D eigenvalue weighted by Gasteiger charge is -2.11. The molecule has 1 heteroatoms. The minimum absolute atomic E-state index is 1.18. The molecule has 0 spiro atoms. The smallest absolute Gasteiger partial charge is 0.0273 e. The fourth-order valence-electron chi connectivity index (χ4n) is 6.01. The molecule has 1 aromatic heterocycles. The quantitative estimate of drug-likeness (QED) is 0.245. The summed E-state index contributed by atoms with van der Waals surface area (Å²) in [6.07, 6.45) is 3.69. The summed E-state index contributed by atoms with van der Waals surface area (Å²) in [6, 6.07) is 46.6. The first kappa shape index (κ1) is 21.1. The predicted octanol–water partition coefficient (Wildman–Crippen LogP) is 10.0. The summed E-state index contributed by atoms with van der Waals surface area (Å²) in [5.41, 5.74) is 12.7. The van der Waals surface area contributed by atoms with Gasteiger partial charge in [-0.05, 0) is 120 Å². The van der Waals surface area contributed by atoms with Crippen molar-refractivity contribution in [3.8, 4) is 55.6 Å². The fraction of sp³-hybridized carbons (Fsp3) is 0. The maximum absolute atomic E-state index is 4.15.